The van der Waals surface area contributed by atoms with E-state index in [4.69, 9.17) is 9.84 Å². The first-order chi connectivity index (χ1) is 8.16. The van der Waals surface area contributed by atoms with Gasteiger partial charge in [0.1, 0.15) is 0 Å². The predicted molar refractivity (Wildman–Crippen MR) is 65.1 cm³/mol. The van der Waals surface area contributed by atoms with E-state index in [1.54, 1.807) is 12.1 Å². The lowest BCUT2D eigenvalue weighted by Gasteiger charge is -2.08. The van der Waals surface area contributed by atoms with E-state index >= 15 is 0 Å². The van der Waals surface area contributed by atoms with Gasteiger partial charge < -0.3 is 9.84 Å². The van der Waals surface area contributed by atoms with Crippen LogP contribution >= 0.6 is 0 Å². The summed E-state index contributed by atoms with van der Waals surface area (Å²) in [5, 5.41) is 8.85. The van der Waals surface area contributed by atoms with Gasteiger partial charge in [0.25, 0.3) is 0 Å². The summed E-state index contributed by atoms with van der Waals surface area (Å²) in [6.07, 6.45) is 3.87. The number of hydrogen-bond acceptors (Lipinski definition) is 2. The molecule has 0 heterocycles. The molecule has 3 heteroatoms. The Morgan fingerprint density at radius 1 is 1.47 bits per heavy atom. The molecular formula is C14H18O3. The van der Waals surface area contributed by atoms with Gasteiger partial charge in [0.15, 0.2) is 0 Å². The van der Waals surface area contributed by atoms with E-state index in [2.05, 4.69) is 0 Å². The Labute approximate surface area is 101 Å². The van der Waals surface area contributed by atoms with Crippen LogP contribution in [-0.2, 0) is 11.3 Å². The van der Waals surface area contributed by atoms with Crippen molar-refractivity contribution < 1.29 is 14.6 Å². The highest BCUT2D eigenvalue weighted by Gasteiger charge is 2.20. The van der Waals surface area contributed by atoms with Crippen molar-refractivity contribution in [1.82, 2.24) is 0 Å². The first-order valence-corrected chi connectivity index (χ1v) is 6.07. The minimum atomic E-state index is -0.880. The summed E-state index contributed by atoms with van der Waals surface area (Å²) in [5.41, 5.74) is 2.39. The highest BCUT2D eigenvalue weighted by molar-refractivity contribution is 5.87. The standard InChI is InChI=1S/C14H18O3/c1-10-8-12(14(15)16)4-5-13(10)9-17-7-6-11-2-3-11/h4-5,8,11H,2-3,6-7,9H2,1H3,(H,15,16). The van der Waals surface area contributed by atoms with E-state index in [-0.39, 0.29) is 0 Å². The molecule has 1 aliphatic rings. The average molecular weight is 234 g/mol. The summed E-state index contributed by atoms with van der Waals surface area (Å²) in [5.74, 6) is 0.0137. The molecule has 0 aromatic heterocycles. The molecule has 0 saturated heterocycles. The highest BCUT2D eigenvalue weighted by Crippen LogP contribution is 2.32. The number of benzene rings is 1. The molecule has 3 nitrogen and oxygen atoms in total. The molecular weight excluding hydrogens is 216 g/mol. The average Bonchev–Trinajstić information content (AvgIpc) is 3.09. The van der Waals surface area contributed by atoms with E-state index in [0.29, 0.717) is 12.2 Å². The highest BCUT2D eigenvalue weighted by atomic mass is 16.5. The lowest BCUT2D eigenvalue weighted by molar-refractivity contribution is 0.0696. The number of hydrogen-bond donors (Lipinski definition) is 1. The van der Waals surface area contributed by atoms with Crippen LogP contribution in [0.15, 0.2) is 18.2 Å². The molecule has 1 N–H and O–H groups in total. The monoisotopic (exact) mass is 234 g/mol. The molecule has 0 aliphatic heterocycles. The third kappa shape index (κ3) is 3.56. The van der Waals surface area contributed by atoms with Gasteiger partial charge in [-0.15, -0.1) is 0 Å². The predicted octanol–water partition coefficient (Wildman–Crippen LogP) is 3.01. The van der Waals surface area contributed by atoms with Crippen LogP contribution in [0.25, 0.3) is 0 Å². The van der Waals surface area contributed by atoms with E-state index in [1.165, 1.54) is 12.8 Å². The van der Waals surface area contributed by atoms with Crippen LogP contribution in [0.2, 0.25) is 0 Å². The van der Waals surface area contributed by atoms with Crippen LogP contribution in [0.4, 0.5) is 0 Å². The summed E-state index contributed by atoms with van der Waals surface area (Å²) in [4.78, 5) is 10.8. The van der Waals surface area contributed by atoms with Crippen molar-refractivity contribution in [3.63, 3.8) is 0 Å². The van der Waals surface area contributed by atoms with Gasteiger partial charge in [0.05, 0.1) is 12.2 Å². The maximum Gasteiger partial charge on any atom is 0.335 e. The van der Waals surface area contributed by atoms with Crippen molar-refractivity contribution in [2.75, 3.05) is 6.61 Å². The molecule has 0 atom stereocenters. The SMILES string of the molecule is Cc1cc(C(=O)O)ccc1COCCC1CC1. The number of ether oxygens (including phenoxy) is 1. The Morgan fingerprint density at radius 3 is 2.82 bits per heavy atom. The van der Waals surface area contributed by atoms with Crippen molar-refractivity contribution in [1.29, 1.82) is 0 Å². The molecule has 1 fully saturated rings. The molecule has 1 saturated carbocycles. The maximum absolute atomic E-state index is 10.8. The Hall–Kier alpha value is -1.35. The van der Waals surface area contributed by atoms with Crippen LogP contribution in [-0.4, -0.2) is 17.7 Å². The van der Waals surface area contributed by atoms with Crippen molar-refractivity contribution >= 4 is 5.97 Å². The van der Waals surface area contributed by atoms with Gasteiger partial charge in [-0.3, -0.25) is 0 Å². The van der Waals surface area contributed by atoms with Crippen molar-refractivity contribution in [3.05, 3.63) is 34.9 Å². The summed E-state index contributed by atoms with van der Waals surface area (Å²) in [6.45, 7) is 3.31. The van der Waals surface area contributed by atoms with E-state index < -0.39 is 5.97 Å². The second kappa shape index (κ2) is 5.32. The fourth-order valence-corrected chi connectivity index (χ4v) is 1.83. The number of aryl methyl sites for hydroxylation is 1. The summed E-state index contributed by atoms with van der Waals surface area (Å²) in [6, 6.07) is 5.17. The third-order valence-corrected chi connectivity index (χ3v) is 3.21. The Morgan fingerprint density at radius 2 is 2.24 bits per heavy atom. The largest absolute Gasteiger partial charge is 0.478 e. The van der Waals surface area contributed by atoms with Crippen LogP contribution in [0, 0.1) is 12.8 Å². The molecule has 0 bridgehead atoms. The minimum absolute atomic E-state index is 0.337. The number of rotatable bonds is 6. The van der Waals surface area contributed by atoms with Gasteiger partial charge in [-0.25, -0.2) is 4.79 Å². The van der Waals surface area contributed by atoms with Gasteiger partial charge in [0.2, 0.25) is 0 Å². The quantitative estimate of drug-likeness (QED) is 0.770. The normalized spacial score (nSPS) is 14.9. The first-order valence-electron chi connectivity index (χ1n) is 6.07. The molecule has 0 radical (unpaired) electrons. The van der Waals surface area contributed by atoms with Crippen molar-refractivity contribution in [2.24, 2.45) is 5.92 Å². The molecule has 92 valence electrons. The van der Waals surface area contributed by atoms with Gasteiger partial charge in [-0.1, -0.05) is 18.9 Å². The zero-order valence-corrected chi connectivity index (χ0v) is 10.1. The molecule has 1 aromatic carbocycles. The second-order valence-corrected chi connectivity index (χ2v) is 4.73. The fraction of sp³-hybridized carbons (Fsp3) is 0.500. The summed E-state index contributed by atoms with van der Waals surface area (Å²) >= 11 is 0. The number of carbonyl (C=O) groups is 1. The van der Waals surface area contributed by atoms with Crippen molar-refractivity contribution in [2.45, 2.75) is 32.8 Å². The molecule has 1 aromatic rings. The van der Waals surface area contributed by atoms with Crippen LogP contribution in [0.1, 0.15) is 40.7 Å². The smallest absolute Gasteiger partial charge is 0.335 e. The zero-order chi connectivity index (χ0) is 12.3. The molecule has 2 rings (SSSR count). The molecule has 1 aliphatic carbocycles. The Kier molecular flexibility index (Phi) is 3.79. The number of carboxylic acids is 1. The number of aromatic carboxylic acids is 1. The molecule has 0 amide bonds. The van der Waals surface area contributed by atoms with Gasteiger partial charge in [0, 0.05) is 6.61 Å². The zero-order valence-electron chi connectivity index (χ0n) is 10.1. The molecule has 0 spiro atoms. The topological polar surface area (TPSA) is 46.5 Å². The van der Waals surface area contributed by atoms with Crippen molar-refractivity contribution in [3.8, 4) is 0 Å². The lowest BCUT2D eigenvalue weighted by Crippen LogP contribution is -2.01. The van der Waals surface area contributed by atoms with Crippen LogP contribution in [0.5, 0.6) is 0 Å². The second-order valence-electron chi connectivity index (χ2n) is 4.73. The van der Waals surface area contributed by atoms with E-state index in [0.717, 1.165) is 30.1 Å². The lowest BCUT2D eigenvalue weighted by atomic mass is 10.1. The van der Waals surface area contributed by atoms with E-state index in [1.807, 2.05) is 13.0 Å². The third-order valence-electron chi connectivity index (χ3n) is 3.21. The Bertz CT molecular complexity index is 408. The van der Waals surface area contributed by atoms with E-state index in [9.17, 15) is 4.79 Å². The van der Waals surface area contributed by atoms with Gasteiger partial charge >= 0.3 is 5.97 Å². The molecule has 0 unspecified atom stereocenters. The Balaban J connectivity index is 1.84. The fourth-order valence-electron chi connectivity index (χ4n) is 1.83. The molecule has 17 heavy (non-hydrogen) atoms. The van der Waals surface area contributed by atoms with Crippen LogP contribution in [0.3, 0.4) is 0 Å². The summed E-state index contributed by atoms with van der Waals surface area (Å²) < 4.78 is 5.60. The maximum atomic E-state index is 10.8. The van der Waals surface area contributed by atoms with Gasteiger partial charge in [-0.2, -0.15) is 0 Å². The van der Waals surface area contributed by atoms with Gasteiger partial charge in [-0.05, 0) is 42.5 Å². The minimum Gasteiger partial charge on any atom is -0.478 e. The first kappa shape index (κ1) is 12.1. The summed E-state index contributed by atoms with van der Waals surface area (Å²) in [7, 11) is 0. The van der Waals surface area contributed by atoms with Crippen LogP contribution < -0.4 is 0 Å². The number of carboxylic acid groups (broad SMARTS) is 1.